The molecule has 3 heterocycles. The van der Waals surface area contributed by atoms with E-state index in [1.54, 1.807) is 35.1 Å². The van der Waals surface area contributed by atoms with Crippen LogP contribution in [0.3, 0.4) is 0 Å². The van der Waals surface area contributed by atoms with E-state index in [-0.39, 0.29) is 11.9 Å². The zero-order valence-corrected chi connectivity index (χ0v) is 13.0. The molecule has 5 nitrogen and oxygen atoms in total. The molecule has 0 saturated carbocycles. The van der Waals surface area contributed by atoms with Gasteiger partial charge in [0.05, 0.1) is 29.2 Å². The number of thiazole rings is 1. The lowest BCUT2D eigenvalue weighted by molar-refractivity contribution is -0.121. The molecule has 1 amide bonds. The van der Waals surface area contributed by atoms with Gasteiger partial charge in [0.1, 0.15) is 5.01 Å². The molecule has 0 radical (unpaired) electrons. The second-order valence-corrected chi connectivity index (χ2v) is 6.42. The molecule has 0 fully saturated rings. The molecule has 2 N–H and O–H groups in total. The van der Waals surface area contributed by atoms with Gasteiger partial charge in [-0.15, -0.1) is 22.7 Å². The predicted octanol–water partition coefficient (Wildman–Crippen LogP) is 3.01. The molecular weight excluding hydrogens is 304 g/mol. The summed E-state index contributed by atoms with van der Waals surface area (Å²) in [6.45, 7) is 1.93. The Labute approximate surface area is 130 Å². The first kappa shape index (κ1) is 14.0. The highest BCUT2D eigenvalue weighted by Gasteiger charge is 2.13. The van der Waals surface area contributed by atoms with Gasteiger partial charge in [0.25, 0.3) is 0 Å². The number of aromatic nitrogens is 3. The summed E-state index contributed by atoms with van der Waals surface area (Å²) in [6.07, 6.45) is 3.79. The quantitative estimate of drug-likeness (QED) is 0.759. The first-order valence-corrected chi connectivity index (χ1v) is 8.24. The number of thiophene rings is 1. The topological polar surface area (TPSA) is 70.7 Å². The number of aromatic amines is 1. The first-order chi connectivity index (χ1) is 10.2. The zero-order chi connectivity index (χ0) is 14.7. The molecule has 21 heavy (non-hydrogen) atoms. The van der Waals surface area contributed by atoms with Crippen molar-refractivity contribution in [1.29, 1.82) is 0 Å². The molecule has 0 aliphatic heterocycles. The minimum atomic E-state index is -0.0633. The predicted molar refractivity (Wildman–Crippen MR) is 84.3 cm³/mol. The van der Waals surface area contributed by atoms with Crippen molar-refractivity contribution in [2.24, 2.45) is 0 Å². The standard InChI is InChI=1S/C14H14N4OS2/c1-9(10-6-15-16-7-10)17-13(19)5-11-8-21-14(18-11)12-3-2-4-20-12/h2-4,6-9H,5H2,1H3,(H,15,16)(H,17,19). The van der Waals surface area contributed by atoms with Crippen molar-refractivity contribution >= 4 is 28.6 Å². The number of rotatable bonds is 5. The number of carbonyl (C=O) groups excluding carboxylic acids is 1. The second-order valence-electron chi connectivity index (χ2n) is 4.62. The fourth-order valence-electron chi connectivity index (χ4n) is 1.94. The summed E-state index contributed by atoms with van der Waals surface area (Å²) < 4.78 is 0. The van der Waals surface area contributed by atoms with Gasteiger partial charge < -0.3 is 5.32 Å². The van der Waals surface area contributed by atoms with Crippen LogP contribution in [0.25, 0.3) is 9.88 Å². The van der Waals surface area contributed by atoms with Crippen LogP contribution in [0, 0.1) is 0 Å². The molecule has 0 spiro atoms. The van der Waals surface area contributed by atoms with Crippen LogP contribution in [0.15, 0.2) is 35.3 Å². The van der Waals surface area contributed by atoms with E-state index in [0.29, 0.717) is 6.42 Å². The molecule has 108 valence electrons. The fraction of sp³-hybridized carbons (Fsp3) is 0.214. The first-order valence-electron chi connectivity index (χ1n) is 6.48. The molecule has 1 atom stereocenters. The van der Waals surface area contributed by atoms with Crippen LogP contribution >= 0.6 is 22.7 Å². The van der Waals surface area contributed by atoms with E-state index >= 15 is 0 Å². The van der Waals surface area contributed by atoms with E-state index in [0.717, 1.165) is 21.1 Å². The Morgan fingerprint density at radius 3 is 3.10 bits per heavy atom. The Kier molecular flexibility index (Phi) is 4.12. The Balaban J connectivity index is 1.60. The summed E-state index contributed by atoms with van der Waals surface area (Å²) in [5.41, 5.74) is 1.76. The highest BCUT2D eigenvalue weighted by Crippen LogP contribution is 2.27. The van der Waals surface area contributed by atoms with Crippen molar-refractivity contribution in [2.75, 3.05) is 0 Å². The van der Waals surface area contributed by atoms with Crippen molar-refractivity contribution in [3.05, 3.63) is 46.5 Å². The number of amides is 1. The molecule has 0 aliphatic carbocycles. The van der Waals surface area contributed by atoms with Gasteiger partial charge in [-0.2, -0.15) is 5.10 Å². The van der Waals surface area contributed by atoms with E-state index in [2.05, 4.69) is 20.5 Å². The van der Waals surface area contributed by atoms with Crippen molar-refractivity contribution in [2.45, 2.75) is 19.4 Å². The van der Waals surface area contributed by atoms with E-state index in [9.17, 15) is 4.79 Å². The van der Waals surface area contributed by atoms with E-state index in [1.807, 2.05) is 29.8 Å². The van der Waals surface area contributed by atoms with Crippen LogP contribution in [0.1, 0.15) is 24.2 Å². The summed E-state index contributed by atoms with van der Waals surface area (Å²) in [5, 5.41) is 14.5. The summed E-state index contributed by atoms with van der Waals surface area (Å²) in [7, 11) is 0. The molecule has 1 unspecified atom stereocenters. The molecule has 3 aromatic rings. The Morgan fingerprint density at radius 2 is 2.38 bits per heavy atom. The maximum atomic E-state index is 12.0. The average Bonchev–Trinajstić information content (AvgIpc) is 3.21. The summed E-state index contributed by atoms with van der Waals surface area (Å²) in [5.74, 6) is -0.0354. The minimum absolute atomic E-state index is 0.0354. The number of nitrogens with zero attached hydrogens (tertiary/aromatic N) is 2. The molecule has 0 saturated heterocycles. The maximum Gasteiger partial charge on any atom is 0.226 e. The van der Waals surface area contributed by atoms with Gasteiger partial charge in [-0.25, -0.2) is 4.98 Å². The van der Waals surface area contributed by atoms with Gasteiger partial charge >= 0.3 is 0 Å². The number of H-pyrrole nitrogens is 1. The fourth-order valence-corrected chi connectivity index (χ4v) is 3.57. The number of hydrogen-bond donors (Lipinski definition) is 2. The smallest absolute Gasteiger partial charge is 0.226 e. The van der Waals surface area contributed by atoms with Crippen LogP contribution < -0.4 is 5.32 Å². The van der Waals surface area contributed by atoms with Gasteiger partial charge in [0.2, 0.25) is 5.91 Å². The van der Waals surface area contributed by atoms with Gasteiger partial charge in [0, 0.05) is 17.1 Å². The lowest BCUT2D eigenvalue weighted by atomic mass is 10.2. The van der Waals surface area contributed by atoms with Crippen LogP contribution in [0.5, 0.6) is 0 Å². The summed E-state index contributed by atoms with van der Waals surface area (Å²) in [4.78, 5) is 17.7. The van der Waals surface area contributed by atoms with Crippen molar-refractivity contribution < 1.29 is 4.79 Å². The van der Waals surface area contributed by atoms with E-state index in [4.69, 9.17) is 0 Å². The average molecular weight is 318 g/mol. The Hall–Kier alpha value is -1.99. The van der Waals surface area contributed by atoms with Gasteiger partial charge in [-0.3, -0.25) is 9.89 Å². The largest absolute Gasteiger partial charge is 0.349 e. The van der Waals surface area contributed by atoms with Gasteiger partial charge in [-0.05, 0) is 18.4 Å². The molecule has 0 aromatic carbocycles. The van der Waals surface area contributed by atoms with Crippen LogP contribution in [0.4, 0.5) is 0 Å². The number of hydrogen-bond acceptors (Lipinski definition) is 5. The van der Waals surface area contributed by atoms with Crippen LogP contribution in [0.2, 0.25) is 0 Å². The van der Waals surface area contributed by atoms with Gasteiger partial charge in [-0.1, -0.05) is 6.07 Å². The highest BCUT2D eigenvalue weighted by atomic mass is 32.1. The number of nitrogens with one attached hydrogen (secondary N) is 2. The third kappa shape index (κ3) is 3.37. The van der Waals surface area contributed by atoms with Crippen molar-refractivity contribution in [1.82, 2.24) is 20.5 Å². The van der Waals surface area contributed by atoms with Crippen molar-refractivity contribution in [3.8, 4) is 9.88 Å². The molecule has 0 aliphatic rings. The van der Waals surface area contributed by atoms with Crippen LogP contribution in [-0.4, -0.2) is 21.1 Å². The maximum absolute atomic E-state index is 12.0. The SMILES string of the molecule is CC(NC(=O)Cc1csc(-c2cccs2)n1)c1cn[nH]c1. The normalized spacial score (nSPS) is 12.2. The lowest BCUT2D eigenvalue weighted by Gasteiger charge is -2.11. The lowest BCUT2D eigenvalue weighted by Crippen LogP contribution is -2.27. The van der Waals surface area contributed by atoms with Gasteiger partial charge in [0.15, 0.2) is 0 Å². The molecule has 7 heteroatoms. The van der Waals surface area contributed by atoms with E-state index in [1.165, 1.54) is 0 Å². The third-order valence-electron chi connectivity index (χ3n) is 3.02. The second kappa shape index (κ2) is 6.19. The molecule has 0 bridgehead atoms. The van der Waals surface area contributed by atoms with Crippen molar-refractivity contribution in [3.63, 3.8) is 0 Å². The molecule has 3 rings (SSSR count). The Bertz CT molecular complexity index is 703. The Morgan fingerprint density at radius 1 is 1.48 bits per heavy atom. The van der Waals surface area contributed by atoms with Crippen LogP contribution in [-0.2, 0) is 11.2 Å². The molecule has 3 aromatic heterocycles. The summed E-state index contributed by atoms with van der Waals surface area (Å²) >= 11 is 3.22. The minimum Gasteiger partial charge on any atom is -0.349 e. The highest BCUT2D eigenvalue weighted by molar-refractivity contribution is 7.20. The molecular formula is C14H14N4OS2. The number of carbonyl (C=O) groups is 1. The zero-order valence-electron chi connectivity index (χ0n) is 11.4. The monoisotopic (exact) mass is 318 g/mol. The summed E-state index contributed by atoms with van der Waals surface area (Å²) in [6, 6.07) is 3.97. The third-order valence-corrected chi connectivity index (χ3v) is 4.95. The van der Waals surface area contributed by atoms with E-state index < -0.39 is 0 Å².